The maximum Gasteiger partial charge on any atom is 0.272 e. The molecular weight excluding hydrogens is 615 g/mol. The van der Waals surface area contributed by atoms with Crippen molar-refractivity contribution in [2.75, 3.05) is 10.6 Å². The maximum atomic E-state index is 13.6. The zero-order valence-corrected chi connectivity index (χ0v) is 25.9. The predicted octanol–water partition coefficient (Wildman–Crippen LogP) is 8.39. The molecule has 1 aromatic heterocycles. The van der Waals surface area contributed by atoms with Crippen molar-refractivity contribution in [2.45, 2.75) is 23.5 Å². The Labute approximate surface area is 269 Å². The number of hydrogen-bond donors (Lipinski definition) is 4. The van der Waals surface area contributed by atoms with Crippen molar-refractivity contribution in [3.63, 3.8) is 0 Å². The molecular formula is C34H28Cl2N4O3S. The minimum Gasteiger partial charge on any atom is -0.361 e. The normalized spacial score (nSPS) is 12.0. The van der Waals surface area contributed by atoms with Gasteiger partial charge < -0.3 is 20.9 Å². The summed E-state index contributed by atoms with van der Waals surface area (Å²) in [5.74, 6) is -1.11. The maximum absolute atomic E-state index is 13.6. The fraction of sp³-hybridized carbons (Fsp3) is 0.0882. The summed E-state index contributed by atoms with van der Waals surface area (Å²) in [6.07, 6.45) is 3.99. The number of aromatic amines is 1. The summed E-state index contributed by atoms with van der Waals surface area (Å²) >= 11 is 13.6. The van der Waals surface area contributed by atoms with Gasteiger partial charge >= 0.3 is 0 Å². The second-order valence-corrected chi connectivity index (χ2v) is 11.9. The number of H-pyrrole nitrogens is 1. The molecule has 4 aromatic carbocycles. The van der Waals surface area contributed by atoms with Gasteiger partial charge in [-0.1, -0.05) is 72.6 Å². The van der Waals surface area contributed by atoms with E-state index in [1.165, 1.54) is 11.8 Å². The number of carbonyl (C=O) groups excluding carboxylic acids is 3. The second kappa shape index (κ2) is 14.3. The zero-order chi connectivity index (χ0) is 31.1. The van der Waals surface area contributed by atoms with E-state index in [0.29, 0.717) is 33.4 Å². The first-order valence-electron chi connectivity index (χ1n) is 13.8. The van der Waals surface area contributed by atoms with Crippen LogP contribution in [0, 0.1) is 0 Å². The molecule has 0 saturated heterocycles. The average Bonchev–Trinajstić information content (AvgIpc) is 3.44. The summed E-state index contributed by atoms with van der Waals surface area (Å²) < 4.78 is 0. The number of thioether (sulfide) groups is 1. The summed E-state index contributed by atoms with van der Waals surface area (Å²) in [6.45, 7) is 1.92. The number of hydrogen-bond acceptors (Lipinski definition) is 4. The zero-order valence-electron chi connectivity index (χ0n) is 23.6. The van der Waals surface area contributed by atoms with Gasteiger partial charge in [-0.2, -0.15) is 0 Å². The van der Waals surface area contributed by atoms with Gasteiger partial charge in [-0.3, -0.25) is 14.4 Å². The molecule has 1 unspecified atom stereocenters. The topological polar surface area (TPSA) is 103 Å². The first-order chi connectivity index (χ1) is 21.3. The Bertz CT molecular complexity index is 1860. The molecule has 5 rings (SSSR count). The first kappa shape index (κ1) is 30.9. The lowest BCUT2D eigenvalue weighted by molar-refractivity contribution is -0.116. The lowest BCUT2D eigenvalue weighted by Gasteiger charge is -2.16. The highest BCUT2D eigenvalue weighted by Crippen LogP contribution is 2.31. The summed E-state index contributed by atoms with van der Waals surface area (Å²) in [6, 6.07) is 28.5. The molecule has 1 atom stereocenters. The van der Waals surface area contributed by atoms with Crippen LogP contribution in [0.15, 0.2) is 114 Å². The van der Waals surface area contributed by atoms with E-state index in [4.69, 9.17) is 23.2 Å². The van der Waals surface area contributed by atoms with Gasteiger partial charge in [0.15, 0.2) is 0 Å². The average molecular weight is 644 g/mol. The Kier molecular flexibility index (Phi) is 10.1. The molecule has 7 nitrogen and oxygen atoms in total. The molecule has 4 N–H and O–H groups in total. The number of rotatable bonds is 10. The minimum atomic E-state index is -0.496. The highest BCUT2D eigenvalue weighted by Gasteiger charge is 2.20. The molecule has 44 heavy (non-hydrogen) atoms. The van der Waals surface area contributed by atoms with Crippen LogP contribution in [-0.2, 0) is 9.59 Å². The summed E-state index contributed by atoms with van der Waals surface area (Å²) in [5, 5.41) is 9.86. The number of para-hydroxylation sites is 1. The van der Waals surface area contributed by atoms with Crippen LogP contribution in [0.1, 0.15) is 29.3 Å². The number of nitrogens with one attached hydrogen (secondary N) is 4. The Morgan fingerprint density at radius 1 is 0.886 bits per heavy atom. The predicted molar refractivity (Wildman–Crippen MR) is 180 cm³/mol. The van der Waals surface area contributed by atoms with Crippen molar-refractivity contribution in [3.05, 3.63) is 130 Å². The molecule has 5 aromatic rings. The number of anilines is 2. The van der Waals surface area contributed by atoms with Crippen molar-refractivity contribution >= 4 is 81.0 Å². The molecule has 0 aliphatic carbocycles. The fourth-order valence-electron chi connectivity index (χ4n) is 4.45. The highest BCUT2D eigenvalue weighted by atomic mass is 35.5. The van der Waals surface area contributed by atoms with Gasteiger partial charge in [0.1, 0.15) is 5.70 Å². The molecule has 222 valence electrons. The van der Waals surface area contributed by atoms with E-state index >= 15 is 0 Å². The third-order valence-electron chi connectivity index (χ3n) is 6.67. The van der Waals surface area contributed by atoms with Gasteiger partial charge in [-0.05, 0) is 67.1 Å². The Morgan fingerprint density at radius 3 is 2.43 bits per heavy atom. The Balaban J connectivity index is 1.34. The van der Waals surface area contributed by atoms with E-state index in [9.17, 15) is 14.4 Å². The van der Waals surface area contributed by atoms with Crippen molar-refractivity contribution in [1.82, 2.24) is 10.3 Å². The smallest absolute Gasteiger partial charge is 0.272 e. The van der Waals surface area contributed by atoms with E-state index in [1.807, 2.05) is 43.3 Å². The van der Waals surface area contributed by atoms with E-state index in [0.717, 1.165) is 21.4 Å². The quantitative estimate of drug-likeness (QED) is 0.0907. The van der Waals surface area contributed by atoms with E-state index in [-0.39, 0.29) is 11.6 Å². The summed E-state index contributed by atoms with van der Waals surface area (Å²) in [5.41, 5.74) is 3.15. The monoisotopic (exact) mass is 642 g/mol. The minimum absolute atomic E-state index is 0.0762. The van der Waals surface area contributed by atoms with Crippen LogP contribution >= 0.6 is 35.0 Å². The van der Waals surface area contributed by atoms with Crippen LogP contribution in [-0.4, -0.2) is 28.0 Å². The fourth-order valence-corrected chi connectivity index (χ4v) is 5.92. The van der Waals surface area contributed by atoms with E-state index in [2.05, 4.69) is 20.9 Å². The third-order valence-corrected chi connectivity index (χ3v) is 8.58. The lowest BCUT2D eigenvalue weighted by Crippen LogP contribution is -2.30. The molecule has 10 heteroatoms. The number of carbonyl (C=O) groups is 3. The molecule has 0 saturated carbocycles. The number of aromatic nitrogens is 1. The van der Waals surface area contributed by atoms with Gasteiger partial charge in [-0.25, -0.2) is 0 Å². The van der Waals surface area contributed by atoms with Crippen LogP contribution in [0.3, 0.4) is 0 Å². The molecule has 1 heterocycles. The Morgan fingerprint density at radius 2 is 1.66 bits per heavy atom. The van der Waals surface area contributed by atoms with E-state index in [1.54, 1.807) is 72.9 Å². The van der Waals surface area contributed by atoms with Crippen LogP contribution < -0.4 is 16.0 Å². The van der Waals surface area contributed by atoms with Crippen molar-refractivity contribution < 1.29 is 14.4 Å². The molecule has 0 aliphatic rings. The van der Waals surface area contributed by atoms with Crippen molar-refractivity contribution in [1.29, 1.82) is 0 Å². The summed E-state index contributed by atoms with van der Waals surface area (Å²) in [7, 11) is 0. The number of halogens is 2. The Hall–Kier alpha value is -4.50. The van der Waals surface area contributed by atoms with Crippen LogP contribution in [0.4, 0.5) is 11.4 Å². The molecule has 0 radical (unpaired) electrons. The standard InChI is InChI=1S/C34H28Cl2N4O3S/c1-2-31(34(43)39-29-16-15-23(35)18-27(29)36)44-25-12-8-11-24(19-25)38-33(42)30(40-32(41)21-9-4-3-5-10-21)17-22-20-37-28-14-7-6-13-26(22)28/h3-20,31,37H,2H2,1H3,(H,38,42)(H,39,43)(H,40,41)/b30-17-. The molecule has 0 spiro atoms. The van der Waals surface area contributed by atoms with Gasteiger partial charge in [0, 0.05) is 43.8 Å². The summed E-state index contributed by atoms with van der Waals surface area (Å²) in [4.78, 5) is 43.7. The molecule has 0 fully saturated rings. The van der Waals surface area contributed by atoms with Gasteiger partial charge in [0.25, 0.3) is 11.8 Å². The van der Waals surface area contributed by atoms with Gasteiger partial charge in [0.05, 0.1) is 16.0 Å². The van der Waals surface area contributed by atoms with Crippen LogP contribution in [0.2, 0.25) is 10.0 Å². The molecule has 0 aliphatic heterocycles. The second-order valence-electron chi connectivity index (χ2n) is 9.78. The molecule has 0 bridgehead atoms. The van der Waals surface area contributed by atoms with Crippen LogP contribution in [0.5, 0.6) is 0 Å². The highest BCUT2D eigenvalue weighted by molar-refractivity contribution is 8.00. The number of amides is 3. The van der Waals surface area contributed by atoms with E-state index < -0.39 is 17.1 Å². The SMILES string of the molecule is CCC(Sc1cccc(NC(=O)/C(=C/c2c[nH]c3ccccc23)NC(=O)c2ccccc2)c1)C(=O)Nc1ccc(Cl)cc1Cl. The number of benzene rings is 4. The van der Waals surface area contributed by atoms with Crippen molar-refractivity contribution in [3.8, 4) is 0 Å². The van der Waals surface area contributed by atoms with Gasteiger partial charge in [-0.15, -0.1) is 11.8 Å². The number of fused-ring (bicyclic) bond motifs is 1. The first-order valence-corrected chi connectivity index (χ1v) is 15.4. The largest absolute Gasteiger partial charge is 0.361 e. The van der Waals surface area contributed by atoms with Crippen LogP contribution in [0.25, 0.3) is 17.0 Å². The van der Waals surface area contributed by atoms with Crippen molar-refractivity contribution in [2.24, 2.45) is 0 Å². The third kappa shape index (κ3) is 7.71. The molecule has 3 amide bonds. The van der Waals surface area contributed by atoms with Gasteiger partial charge in [0.2, 0.25) is 5.91 Å². The lowest BCUT2D eigenvalue weighted by atomic mass is 10.1.